The Hall–Kier alpha value is -2.64. The second-order valence-electron chi connectivity index (χ2n) is 7.58. The van der Waals surface area contributed by atoms with Crippen molar-refractivity contribution in [3.8, 4) is 0 Å². The number of benzene rings is 2. The molecule has 0 fully saturated rings. The third kappa shape index (κ3) is 1.65. The quantitative estimate of drug-likeness (QED) is 0.235. The van der Waals surface area contributed by atoms with E-state index in [9.17, 15) is 9.59 Å². The summed E-state index contributed by atoms with van der Waals surface area (Å²) in [5.74, 6) is 0. The SMILES string of the molecule is O=c1c2c(ccc3ccsc32)c2sc3c(sc4c5ccc6ccsc6c5c(=O)c43)c12. The van der Waals surface area contributed by atoms with E-state index in [0.717, 1.165) is 71.3 Å². The van der Waals surface area contributed by atoms with Crippen molar-refractivity contribution in [3.63, 3.8) is 0 Å². The van der Waals surface area contributed by atoms with Crippen LogP contribution in [0.1, 0.15) is 0 Å². The Labute approximate surface area is 183 Å². The highest BCUT2D eigenvalue weighted by atomic mass is 32.1. The average molecular weight is 457 g/mol. The zero-order valence-electron chi connectivity index (χ0n) is 15.1. The first-order valence-electron chi connectivity index (χ1n) is 9.42. The highest BCUT2D eigenvalue weighted by molar-refractivity contribution is 7.37. The predicted molar refractivity (Wildman–Crippen MR) is 135 cm³/mol. The minimum absolute atomic E-state index is 0.112. The summed E-state index contributed by atoms with van der Waals surface area (Å²) in [6.45, 7) is 0. The van der Waals surface area contributed by atoms with Crippen molar-refractivity contribution in [2.24, 2.45) is 0 Å². The van der Waals surface area contributed by atoms with Crippen molar-refractivity contribution >= 4 is 117 Å². The summed E-state index contributed by atoms with van der Waals surface area (Å²) in [4.78, 5) is 27.0. The molecule has 8 aromatic rings. The largest absolute Gasteiger partial charge is 0.288 e. The minimum atomic E-state index is 0.112. The van der Waals surface area contributed by atoms with Gasteiger partial charge in [-0.2, -0.15) is 0 Å². The normalized spacial score (nSPS) is 12.9. The molecule has 140 valence electrons. The molecule has 8 rings (SSSR count). The summed E-state index contributed by atoms with van der Waals surface area (Å²) in [5.41, 5.74) is 0.223. The number of hydrogen-bond donors (Lipinski definition) is 0. The summed E-state index contributed by atoms with van der Waals surface area (Å²) in [7, 11) is 0. The smallest absolute Gasteiger partial charge is 0.198 e. The van der Waals surface area contributed by atoms with Gasteiger partial charge >= 0.3 is 0 Å². The van der Waals surface area contributed by atoms with E-state index in [1.54, 1.807) is 45.3 Å². The van der Waals surface area contributed by atoms with Crippen molar-refractivity contribution in [2.45, 2.75) is 0 Å². The highest BCUT2D eigenvalue weighted by Gasteiger charge is 2.25. The van der Waals surface area contributed by atoms with Crippen molar-refractivity contribution in [1.82, 2.24) is 0 Å². The molecule has 0 spiro atoms. The van der Waals surface area contributed by atoms with Gasteiger partial charge in [-0.25, -0.2) is 0 Å². The van der Waals surface area contributed by atoms with Gasteiger partial charge in [0.05, 0.1) is 20.2 Å². The highest BCUT2D eigenvalue weighted by Crippen LogP contribution is 2.48. The topological polar surface area (TPSA) is 34.1 Å². The van der Waals surface area contributed by atoms with Gasteiger partial charge in [0.15, 0.2) is 10.9 Å². The van der Waals surface area contributed by atoms with Crippen LogP contribution < -0.4 is 10.9 Å². The lowest BCUT2D eigenvalue weighted by Crippen LogP contribution is -1.94. The summed E-state index contributed by atoms with van der Waals surface area (Å²) in [5, 5.41) is 11.7. The fourth-order valence-electron chi connectivity index (χ4n) is 4.87. The number of rotatable bonds is 0. The lowest BCUT2D eigenvalue weighted by molar-refractivity contribution is 1.92. The molecule has 0 aliphatic carbocycles. The molecule has 0 amide bonds. The molecule has 30 heavy (non-hydrogen) atoms. The molecule has 0 radical (unpaired) electrons. The van der Waals surface area contributed by atoms with Crippen LogP contribution in [0.15, 0.2) is 56.7 Å². The summed E-state index contributed by atoms with van der Waals surface area (Å²) in [6, 6.07) is 12.5. The van der Waals surface area contributed by atoms with Gasteiger partial charge in [-0.05, 0) is 33.7 Å². The number of fused-ring (bicyclic) bond motifs is 13. The molecule has 2 nitrogen and oxygen atoms in total. The fraction of sp³-hybridized carbons (Fsp3) is 0. The maximum Gasteiger partial charge on any atom is 0.198 e. The Balaban J connectivity index is 1.64. The standard InChI is InChI=1S/C24H8O2S4/c25-17-13-11(3-1-9-5-7-27-19(9)13)21-15(17)23-24(29-21)16-18(26)14-12(22(16)30-23)4-2-10-6-8-28-20(10)14/h1-8H. The summed E-state index contributed by atoms with van der Waals surface area (Å²) >= 11 is 6.48. The van der Waals surface area contributed by atoms with Gasteiger partial charge in [-0.15, -0.1) is 45.3 Å². The van der Waals surface area contributed by atoms with Gasteiger partial charge in [0.1, 0.15) is 0 Å². The third-order valence-electron chi connectivity index (χ3n) is 6.16. The van der Waals surface area contributed by atoms with Crippen molar-refractivity contribution in [1.29, 1.82) is 0 Å². The molecule has 4 aromatic heterocycles. The van der Waals surface area contributed by atoms with Gasteiger partial charge < -0.3 is 0 Å². The van der Waals surface area contributed by atoms with E-state index in [-0.39, 0.29) is 10.9 Å². The lowest BCUT2D eigenvalue weighted by atomic mass is 10.2. The molecule has 0 saturated heterocycles. The summed E-state index contributed by atoms with van der Waals surface area (Å²) < 4.78 is 6.16. The van der Waals surface area contributed by atoms with Crippen LogP contribution >= 0.6 is 45.3 Å². The Bertz CT molecular complexity index is 1950. The van der Waals surface area contributed by atoms with Gasteiger partial charge in [0, 0.05) is 40.3 Å². The zero-order valence-corrected chi connectivity index (χ0v) is 18.3. The molecule has 4 heterocycles. The van der Waals surface area contributed by atoms with E-state index in [2.05, 4.69) is 36.4 Å². The number of thiophene rings is 4. The molecular weight excluding hydrogens is 449 g/mol. The van der Waals surface area contributed by atoms with Crippen molar-refractivity contribution < 1.29 is 0 Å². The van der Waals surface area contributed by atoms with Crippen molar-refractivity contribution in [3.05, 3.63) is 67.6 Å². The van der Waals surface area contributed by atoms with Crippen LogP contribution in [-0.2, 0) is 0 Å². The van der Waals surface area contributed by atoms with E-state index in [1.165, 1.54) is 0 Å². The molecule has 0 saturated carbocycles. The van der Waals surface area contributed by atoms with E-state index >= 15 is 0 Å². The first-order valence-corrected chi connectivity index (χ1v) is 12.8. The molecule has 0 atom stereocenters. The Kier molecular flexibility index (Phi) is 2.77. The molecule has 0 aliphatic heterocycles. The predicted octanol–water partition coefficient (Wildman–Crippen LogP) is 7.60. The van der Waals surface area contributed by atoms with Crippen LogP contribution in [0.4, 0.5) is 0 Å². The van der Waals surface area contributed by atoms with Gasteiger partial charge in [-0.3, -0.25) is 9.59 Å². The molecular formula is C24H8O2S4. The molecule has 4 aromatic carbocycles. The van der Waals surface area contributed by atoms with E-state index < -0.39 is 0 Å². The molecule has 0 aliphatic rings. The van der Waals surface area contributed by atoms with Crippen LogP contribution in [0.3, 0.4) is 0 Å². The maximum atomic E-state index is 13.5. The monoisotopic (exact) mass is 456 g/mol. The van der Waals surface area contributed by atoms with E-state index in [0.29, 0.717) is 0 Å². The fourth-order valence-corrected chi connectivity index (χ4v) is 9.68. The molecule has 6 heteroatoms. The zero-order chi connectivity index (χ0) is 19.7. The maximum absolute atomic E-state index is 13.5. The molecule has 0 N–H and O–H groups in total. The van der Waals surface area contributed by atoms with Crippen LogP contribution in [0.5, 0.6) is 0 Å². The van der Waals surface area contributed by atoms with Gasteiger partial charge in [-0.1, -0.05) is 24.3 Å². The average Bonchev–Trinajstić information content (AvgIpc) is 3.54. The Morgan fingerprint density at radius 3 is 1.40 bits per heavy atom. The van der Waals surface area contributed by atoms with Crippen LogP contribution in [-0.4, -0.2) is 0 Å². The van der Waals surface area contributed by atoms with Crippen LogP contribution in [0, 0.1) is 0 Å². The first kappa shape index (κ1) is 16.1. The Morgan fingerprint density at radius 2 is 0.933 bits per heavy atom. The van der Waals surface area contributed by atoms with Crippen molar-refractivity contribution in [2.75, 3.05) is 0 Å². The molecule has 0 bridgehead atoms. The number of hydrogen-bond acceptors (Lipinski definition) is 6. The van der Waals surface area contributed by atoms with Crippen LogP contribution in [0.25, 0.3) is 71.3 Å². The Morgan fingerprint density at radius 1 is 0.467 bits per heavy atom. The lowest BCUT2D eigenvalue weighted by Gasteiger charge is -1.92. The third-order valence-corrected chi connectivity index (χ3v) is 10.7. The minimum Gasteiger partial charge on any atom is -0.288 e. The second-order valence-corrected chi connectivity index (χ2v) is 11.5. The van der Waals surface area contributed by atoms with Gasteiger partial charge in [0.2, 0.25) is 0 Å². The van der Waals surface area contributed by atoms with Crippen LogP contribution in [0.2, 0.25) is 0 Å². The first-order chi connectivity index (χ1) is 14.7. The second kappa shape index (κ2) is 5.15. The van der Waals surface area contributed by atoms with E-state index in [1.807, 2.05) is 10.8 Å². The van der Waals surface area contributed by atoms with Gasteiger partial charge in [0.25, 0.3) is 0 Å². The van der Waals surface area contributed by atoms with E-state index in [4.69, 9.17) is 0 Å². The summed E-state index contributed by atoms with van der Waals surface area (Å²) in [6.07, 6.45) is 0. The molecule has 0 unspecified atom stereocenters.